The normalized spacial score (nSPS) is 15.2. The molecule has 0 saturated heterocycles. The average Bonchev–Trinajstić information content (AvgIpc) is 3.78. The quantitative estimate of drug-likeness (QED) is 0.0756. The van der Waals surface area contributed by atoms with Crippen molar-refractivity contribution in [2.45, 2.75) is 44.7 Å². The molecular weight excluding hydrogens is 671 g/mol. The molecule has 0 aromatic heterocycles. The van der Waals surface area contributed by atoms with E-state index in [9.17, 15) is 22.8 Å². The zero-order chi connectivity index (χ0) is 30.0. The van der Waals surface area contributed by atoms with Crippen molar-refractivity contribution in [3.63, 3.8) is 0 Å². The van der Waals surface area contributed by atoms with Gasteiger partial charge in [0.15, 0.2) is 0 Å². The highest BCUT2D eigenvalue weighted by Gasteiger charge is 2.26. The molecule has 1 aliphatic carbocycles. The molecular formula is C25H39IN6O6S2. The number of halogens is 1. The first kappa shape index (κ1) is 34.1. The molecule has 40 heavy (non-hydrogen) atoms. The first-order valence-electron chi connectivity index (χ1n) is 12.8. The number of methoxy groups -OCH3 is 1. The van der Waals surface area contributed by atoms with Crippen molar-refractivity contribution in [3.05, 3.63) is 40.4 Å². The topological polar surface area (TPSA) is 149 Å². The SMILES string of the molecule is CC[C@H](NC[C@H](C/C(=C/S)NI)NC(=O)c1cc(C(=O)OC)cc(N(C)S(=O)(=O)N(C)C)c1)C(=O)NCC1CC1. The largest absolute Gasteiger partial charge is 0.465 e. The highest BCUT2D eigenvalue weighted by atomic mass is 127. The minimum Gasteiger partial charge on any atom is -0.465 e. The van der Waals surface area contributed by atoms with Gasteiger partial charge in [0, 0.05) is 58.0 Å². The van der Waals surface area contributed by atoms with Crippen LogP contribution in [0.2, 0.25) is 0 Å². The number of nitrogens with zero attached hydrogens (tertiary/aromatic N) is 2. The van der Waals surface area contributed by atoms with Crippen molar-refractivity contribution in [1.29, 1.82) is 0 Å². The Balaban J connectivity index is 2.31. The minimum atomic E-state index is -3.89. The molecule has 2 atom stereocenters. The Morgan fingerprint density at radius 1 is 1.18 bits per heavy atom. The smallest absolute Gasteiger partial charge is 0.337 e. The van der Waals surface area contributed by atoms with E-state index in [4.69, 9.17) is 4.74 Å². The van der Waals surface area contributed by atoms with Crippen molar-refractivity contribution < 1.29 is 27.5 Å². The number of hydrogen-bond acceptors (Lipinski definition) is 9. The fourth-order valence-electron chi connectivity index (χ4n) is 3.76. The van der Waals surface area contributed by atoms with E-state index in [1.165, 1.54) is 46.5 Å². The lowest BCUT2D eigenvalue weighted by Crippen LogP contribution is -2.50. The third-order valence-corrected chi connectivity index (χ3v) is 9.28. The molecule has 12 nitrogen and oxygen atoms in total. The zero-order valence-electron chi connectivity index (χ0n) is 23.4. The van der Waals surface area contributed by atoms with E-state index in [-0.39, 0.29) is 29.3 Å². The summed E-state index contributed by atoms with van der Waals surface area (Å²) in [5.74, 6) is -0.782. The van der Waals surface area contributed by atoms with E-state index in [1.807, 2.05) is 29.8 Å². The van der Waals surface area contributed by atoms with Crippen LogP contribution in [0.1, 0.15) is 53.3 Å². The Bertz CT molecular complexity index is 1190. The first-order chi connectivity index (χ1) is 18.9. The number of thiol groups is 1. The lowest BCUT2D eigenvalue weighted by molar-refractivity contribution is -0.123. The summed E-state index contributed by atoms with van der Waals surface area (Å²) >= 11 is 6.19. The number of anilines is 1. The van der Waals surface area contributed by atoms with Crippen LogP contribution < -0.4 is 23.8 Å². The van der Waals surface area contributed by atoms with Crippen LogP contribution >= 0.6 is 35.5 Å². The zero-order valence-corrected chi connectivity index (χ0v) is 27.2. The lowest BCUT2D eigenvalue weighted by atomic mass is 10.1. The number of ether oxygens (including phenoxy) is 1. The molecule has 1 fully saturated rings. The van der Waals surface area contributed by atoms with Crippen molar-refractivity contribution >= 4 is 69.2 Å². The fraction of sp³-hybridized carbons (Fsp3) is 0.560. The van der Waals surface area contributed by atoms with Gasteiger partial charge in [0.1, 0.15) is 0 Å². The molecule has 4 N–H and O–H groups in total. The second-order valence-corrected chi connectivity index (χ2v) is 12.7. The lowest BCUT2D eigenvalue weighted by Gasteiger charge is -2.25. The number of carbonyl (C=O) groups excluding carboxylic acids is 3. The highest BCUT2D eigenvalue weighted by molar-refractivity contribution is 14.1. The summed E-state index contributed by atoms with van der Waals surface area (Å²) in [6, 6.07) is 3.16. The molecule has 1 saturated carbocycles. The molecule has 0 unspecified atom stereocenters. The Kier molecular flexibility index (Phi) is 13.5. The molecule has 1 aromatic rings. The number of hydrogen-bond donors (Lipinski definition) is 5. The number of amides is 2. The summed E-state index contributed by atoms with van der Waals surface area (Å²) in [4.78, 5) is 38.5. The summed E-state index contributed by atoms with van der Waals surface area (Å²) in [6.45, 7) is 2.84. The summed E-state index contributed by atoms with van der Waals surface area (Å²) in [7, 11) is 1.39. The summed E-state index contributed by atoms with van der Waals surface area (Å²) in [5.41, 5.74) is 0.934. The first-order valence-corrected chi connectivity index (χ1v) is 15.8. The van der Waals surface area contributed by atoms with E-state index in [2.05, 4.69) is 32.1 Å². The standard InChI is InChI=1S/C25H39IN6O6S2/c1-6-22(24(34)28-13-16-7-8-16)27-14-19(12-20(15-39)30-26)29-23(33)17-9-18(25(35)38-5)11-21(10-17)32(4)40(36,37)31(2)3/h9-11,15-16,19,22,27,30,39H,6-8,12-14H2,1-5H3,(H,28,34)(H,29,33)/b20-15-/t19-,22-/m0/s1. The van der Waals surface area contributed by atoms with Gasteiger partial charge in [-0.2, -0.15) is 12.7 Å². The van der Waals surface area contributed by atoms with Gasteiger partial charge in [-0.05, 0) is 48.8 Å². The van der Waals surface area contributed by atoms with E-state index >= 15 is 0 Å². The molecule has 0 heterocycles. The fourth-order valence-corrected chi connectivity index (χ4v) is 5.41. The third kappa shape index (κ3) is 9.78. The van der Waals surface area contributed by atoms with E-state index in [0.717, 1.165) is 27.1 Å². The summed E-state index contributed by atoms with van der Waals surface area (Å²) < 4.78 is 35.3. The summed E-state index contributed by atoms with van der Waals surface area (Å²) in [6.07, 6.45) is 3.20. The van der Waals surface area contributed by atoms with Gasteiger partial charge in [-0.1, -0.05) is 6.92 Å². The second kappa shape index (κ2) is 15.8. The van der Waals surface area contributed by atoms with Gasteiger partial charge >= 0.3 is 16.2 Å². The van der Waals surface area contributed by atoms with Crippen molar-refractivity contribution in [3.8, 4) is 0 Å². The third-order valence-electron chi connectivity index (χ3n) is 6.45. The average molecular weight is 711 g/mol. The van der Waals surface area contributed by atoms with Gasteiger partial charge < -0.3 is 24.2 Å². The maximum atomic E-state index is 13.5. The number of esters is 1. The maximum absolute atomic E-state index is 13.5. The molecule has 0 spiro atoms. The molecule has 2 rings (SSSR count). The number of benzene rings is 1. The Morgan fingerprint density at radius 3 is 2.35 bits per heavy atom. The van der Waals surface area contributed by atoms with Gasteiger partial charge in [0.25, 0.3) is 5.91 Å². The molecule has 0 radical (unpaired) electrons. The van der Waals surface area contributed by atoms with Crippen LogP contribution in [0.4, 0.5) is 5.69 Å². The van der Waals surface area contributed by atoms with Crippen LogP contribution in [0, 0.1) is 5.92 Å². The van der Waals surface area contributed by atoms with Crippen LogP contribution in [0.15, 0.2) is 29.3 Å². The van der Waals surface area contributed by atoms with Gasteiger partial charge in [-0.15, -0.1) is 12.6 Å². The van der Waals surface area contributed by atoms with Gasteiger partial charge in [-0.3, -0.25) is 13.9 Å². The molecule has 2 amide bonds. The molecule has 1 aromatic carbocycles. The van der Waals surface area contributed by atoms with Crippen LogP contribution in [0.25, 0.3) is 0 Å². The molecule has 224 valence electrons. The van der Waals surface area contributed by atoms with Gasteiger partial charge in [-0.25, -0.2) is 4.79 Å². The number of nitrogens with one attached hydrogen (secondary N) is 4. The van der Waals surface area contributed by atoms with Crippen molar-refractivity contribution in [2.24, 2.45) is 5.92 Å². The summed E-state index contributed by atoms with van der Waals surface area (Å²) in [5, 5.41) is 10.8. The molecule has 0 bridgehead atoms. The van der Waals surface area contributed by atoms with E-state index < -0.39 is 34.2 Å². The predicted octanol–water partition coefficient (Wildman–Crippen LogP) is 1.81. The molecule has 15 heteroatoms. The monoisotopic (exact) mass is 710 g/mol. The van der Waals surface area contributed by atoms with E-state index in [0.29, 0.717) is 25.3 Å². The molecule has 0 aliphatic heterocycles. The van der Waals surface area contributed by atoms with Crippen molar-refractivity contribution in [2.75, 3.05) is 45.6 Å². The van der Waals surface area contributed by atoms with Crippen LogP contribution in [0.5, 0.6) is 0 Å². The van der Waals surface area contributed by atoms with Gasteiger partial charge in [0.05, 0.1) is 47.3 Å². The van der Waals surface area contributed by atoms with Crippen LogP contribution in [0.3, 0.4) is 0 Å². The maximum Gasteiger partial charge on any atom is 0.337 e. The Hall–Kier alpha value is -2.08. The van der Waals surface area contributed by atoms with Crippen LogP contribution in [-0.2, 0) is 19.7 Å². The van der Waals surface area contributed by atoms with Gasteiger partial charge in [0.2, 0.25) is 5.91 Å². The van der Waals surface area contributed by atoms with Crippen molar-refractivity contribution in [1.82, 2.24) is 23.8 Å². The Morgan fingerprint density at radius 2 is 1.82 bits per heavy atom. The minimum absolute atomic E-state index is 0.0175. The predicted molar refractivity (Wildman–Crippen MR) is 167 cm³/mol. The number of carbonyl (C=O) groups is 3. The van der Waals surface area contributed by atoms with Crippen LogP contribution in [-0.4, -0.2) is 83.9 Å². The second-order valence-electron chi connectivity index (χ2n) is 9.70. The van der Waals surface area contributed by atoms with E-state index in [1.54, 1.807) is 5.41 Å². The molecule has 1 aliphatic rings. The number of rotatable bonds is 16. The highest BCUT2D eigenvalue weighted by Crippen LogP contribution is 2.27. The Labute approximate surface area is 256 Å².